The van der Waals surface area contributed by atoms with Crippen LogP contribution < -0.4 is 10.9 Å². The lowest BCUT2D eigenvalue weighted by Gasteiger charge is -2.19. The lowest BCUT2D eigenvalue weighted by Crippen LogP contribution is -2.85. The van der Waals surface area contributed by atoms with Gasteiger partial charge in [0.25, 0.3) is 5.56 Å². The SMILES string of the molecule is CC(C)[C@@H]([NH2+]Cc1nc2ccccc2c(=O)[nH]1)c1ccccc1. The molecule has 118 valence electrons. The third kappa shape index (κ3) is 3.48. The molecule has 0 saturated carbocycles. The molecule has 1 atom stereocenters. The van der Waals surface area contributed by atoms with Gasteiger partial charge in [-0.15, -0.1) is 0 Å². The van der Waals surface area contributed by atoms with Crippen LogP contribution in [0, 0.1) is 5.92 Å². The molecule has 4 nitrogen and oxygen atoms in total. The van der Waals surface area contributed by atoms with Crippen molar-refractivity contribution < 1.29 is 5.32 Å². The van der Waals surface area contributed by atoms with Gasteiger partial charge in [0, 0.05) is 11.5 Å². The Labute approximate surface area is 135 Å². The summed E-state index contributed by atoms with van der Waals surface area (Å²) < 4.78 is 0. The van der Waals surface area contributed by atoms with Crippen LogP contribution in [0.1, 0.15) is 31.3 Å². The number of hydrogen-bond donors (Lipinski definition) is 2. The van der Waals surface area contributed by atoms with E-state index in [1.54, 1.807) is 6.07 Å². The summed E-state index contributed by atoms with van der Waals surface area (Å²) in [5.41, 5.74) is 1.98. The normalized spacial score (nSPS) is 12.7. The van der Waals surface area contributed by atoms with Crippen LogP contribution in [-0.2, 0) is 6.54 Å². The van der Waals surface area contributed by atoms with E-state index in [2.05, 4.69) is 53.4 Å². The van der Waals surface area contributed by atoms with Gasteiger partial charge < -0.3 is 10.3 Å². The average molecular weight is 308 g/mol. The number of nitrogens with one attached hydrogen (secondary N) is 1. The third-order valence-electron chi connectivity index (χ3n) is 4.13. The molecule has 3 N–H and O–H groups in total. The number of aromatic amines is 1. The first-order valence-electron chi connectivity index (χ1n) is 8.01. The first kappa shape index (κ1) is 15.4. The van der Waals surface area contributed by atoms with E-state index in [0.29, 0.717) is 23.9 Å². The molecular weight excluding hydrogens is 286 g/mol. The molecule has 3 aromatic rings. The summed E-state index contributed by atoms with van der Waals surface area (Å²) in [4.78, 5) is 19.6. The van der Waals surface area contributed by atoms with Crippen molar-refractivity contribution in [3.63, 3.8) is 0 Å². The molecule has 23 heavy (non-hydrogen) atoms. The van der Waals surface area contributed by atoms with Crippen LogP contribution in [0.5, 0.6) is 0 Å². The number of hydrogen-bond acceptors (Lipinski definition) is 2. The minimum Gasteiger partial charge on any atom is -0.334 e. The number of para-hydroxylation sites is 1. The molecule has 2 aromatic carbocycles. The Morgan fingerprint density at radius 3 is 2.48 bits per heavy atom. The Bertz CT molecular complexity index is 840. The summed E-state index contributed by atoms with van der Waals surface area (Å²) in [6.45, 7) is 5.08. The Balaban J connectivity index is 1.83. The van der Waals surface area contributed by atoms with Crippen LogP contribution in [0.25, 0.3) is 10.9 Å². The van der Waals surface area contributed by atoms with Gasteiger partial charge >= 0.3 is 0 Å². The van der Waals surface area contributed by atoms with Gasteiger partial charge in [-0.1, -0.05) is 56.3 Å². The zero-order valence-electron chi connectivity index (χ0n) is 13.5. The van der Waals surface area contributed by atoms with Gasteiger partial charge in [-0.3, -0.25) is 4.79 Å². The fourth-order valence-electron chi connectivity index (χ4n) is 2.94. The number of nitrogens with two attached hydrogens (primary N) is 1. The number of fused-ring (bicyclic) bond motifs is 1. The van der Waals surface area contributed by atoms with E-state index in [0.717, 1.165) is 11.3 Å². The molecule has 0 aliphatic heterocycles. The standard InChI is InChI=1S/C19H21N3O/c1-13(2)18(14-8-4-3-5-9-14)20-12-17-21-16-11-7-6-10-15(16)19(23)22-17/h3-11,13,18,20H,12H2,1-2H3,(H,21,22,23)/p+1/t18-/m1/s1. The molecule has 0 saturated heterocycles. The van der Waals surface area contributed by atoms with Gasteiger partial charge in [0.15, 0.2) is 5.82 Å². The molecule has 0 radical (unpaired) electrons. The summed E-state index contributed by atoms with van der Waals surface area (Å²) in [5.74, 6) is 1.21. The van der Waals surface area contributed by atoms with Crippen LogP contribution in [0.4, 0.5) is 0 Å². The summed E-state index contributed by atoms with van der Waals surface area (Å²) >= 11 is 0. The highest BCUT2D eigenvalue weighted by Crippen LogP contribution is 2.17. The molecule has 0 spiro atoms. The number of benzene rings is 2. The highest BCUT2D eigenvalue weighted by molar-refractivity contribution is 5.77. The van der Waals surface area contributed by atoms with E-state index < -0.39 is 0 Å². The van der Waals surface area contributed by atoms with Gasteiger partial charge in [-0.05, 0) is 12.1 Å². The van der Waals surface area contributed by atoms with Crippen LogP contribution in [-0.4, -0.2) is 9.97 Å². The van der Waals surface area contributed by atoms with Crippen molar-refractivity contribution in [2.75, 3.05) is 0 Å². The second-order valence-electron chi connectivity index (χ2n) is 6.15. The Kier molecular flexibility index (Phi) is 4.53. The highest BCUT2D eigenvalue weighted by Gasteiger charge is 2.19. The summed E-state index contributed by atoms with van der Waals surface area (Å²) in [5, 5.41) is 2.88. The van der Waals surface area contributed by atoms with Crippen molar-refractivity contribution in [3.8, 4) is 0 Å². The lowest BCUT2D eigenvalue weighted by molar-refractivity contribution is -0.718. The van der Waals surface area contributed by atoms with Crippen molar-refractivity contribution in [2.45, 2.75) is 26.4 Å². The van der Waals surface area contributed by atoms with Crippen molar-refractivity contribution in [2.24, 2.45) is 5.92 Å². The Hall–Kier alpha value is -2.46. The number of quaternary nitrogens is 1. The fraction of sp³-hybridized carbons (Fsp3) is 0.263. The zero-order chi connectivity index (χ0) is 16.2. The van der Waals surface area contributed by atoms with E-state index in [-0.39, 0.29) is 5.56 Å². The smallest absolute Gasteiger partial charge is 0.258 e. The van der Waals surface area contributed by atoms with Crippen molar-refractivity contribution in [1.82, 2.24) is 9.97 Å². The molecule has 0 fully saturated rings. The molecule has 0 unspecified atom stereocenters. The lowest BCUT2D eigenvalue weighted by atomic mass is 9.96. The number of aromatic nitrogens is 2. The molecule has 0 aliphatic carbocycles. The van der Waals surface area contributed by atoms with Crippen molar-refractivity contribution in [1.29, 1.82) is 0 Å². The molecule has 0 bridgehead atoms. The predicted octanol–water partition coefficient (Wildman–Crippen LogP) is 2.38. The average Bonchev–Trinajstić information content (AvgIpc) is 2.56. The minimum atomic E-state index is -0.0696. The predicted molar refractivity (Wildman–Crippen MR) is 92.0 cm³/mol. The van der Waals surface area contributed by atoms with Crippen LogP contribution in [0.2, 0.25) is 0 Å². The molecule has 0 aliphatic rings. The van der Waals surface area contributed by atoms with Crippen molar-refractivity contribution >= 4 is 10.9 Å². The molecule has 4 heteroatoms. The maximum Gasteiger partial charge on any atom is 0.258 e. The Morgan fingerprint density at radius 2 is 1.74 bits per heavy atom. The molecule has 3 rings (SSSR count). The molecular formula is C19H22N3O+. The second-order valence-corrected chi connectivity index (χ2v) is 6.15. The minimum absolute atomic E-state index is 0.0696. The summed E-state index contributed by atoms with van der Waals surface area (Å²) in [6, 6.07) is 18.2. The third-order valence-corrected chi connectivity index (χ3v) is 4.13. The maximum absolute atomic E-state index is 12.1. The van der Waals surface area contributed by atoms with E-state index in [1.807, 2.05) is 24.3 Å². The number of H-pyrrole nitrogens is 1. The number of rotatable bonds is 5. The van der Waals surface area contributed by atoms with Crippen LogP contribution >= 0.6 is 0 Å². The fourth-order valence-corrected chi connectivity index (χ4v) is 2.94. The van der Waals surface area contributed by atoms with Crippen LogP contribution in [0.3, 0.4) is 0 Å². The van der Waals surface area contributed by atoms with E-state index in [9.17, 15) is 4.79 Å². The van der Waals surface area contributed by atoms with E-state index in [1.165, 1.54) is 5.56 Å². The van der Waals surface area contributed by atoms with Gasteiger partial charge in [-0.2, -0.15) is 0 Å². The number of nitrogens with zero attached hydrogens (tertiary/aromatic N) is 1. The largest absolute Gasteiger partial charge is 0.334 e. The Morgan fingerprint density at radius 1 is 1.04 bits per heavy atom. The van der Waals surface area contributed by atoms with Gasteiger partial charge in [0.1, 0.15) is 12.6 Å². The molecule has 1 heterocycles. The maximum atomic E-state index is 12.1. The van der Waals surface area contributed by atoms with E-state index in [4.69, 9.17) is 0 Å². The molecule has 1 aromatic heterocycles. The highest BCUT2D eigenvalue weighted by atomic mass is 16.1. The molecule has 0 amide bonds. The van der Waals surface area contributed by atoms with E-state index >= 15 is 0 Å². The van der Waals surface area contributed by atoms with Gasteiger partial charge in [0.05, 0.1) is 10.9 Å². The second kappa shape index (κ2) is 6.75. The van der Waals surface area contributed by atoms with Crippen LogP contribution in [0.15, 0.2) is 59.4 Å². The first-order chi connectivity index (χ1) is 11.1. The summed E-state index contributed by atoms with van der Waals surface area (Å²) in [6.07, 6.45) is 0. The topological polar surface area (TPSA) is 62.4 Å². The van der Waals surface area contributed by atoms with Gasteiger partial charge in [0.2, 0.25) is 0 Å². The quantitative estimate of drug-likeness (QED) is 0.760. The van der Waals surface area contributed by atoms with Crippen molar-refractivity contribution in [3.05, 3.63) is 76.3 Å². The zero-order valence-corrected chi connectivity index (χ0v) is 13.5. The van der Waals surface area contributed by atoms with Gasteiger partial charge in [-0.25, -0.2) is 4.98 Å². The monoisotopic (exact) mass is 308 g/mol. The summed E-state index contributed by atoms with van der Waals surface area (Å²) in [7, 11) is 0. The first-order valence-corrected chi connectivity index (χ1v) is 8.01.